The van der Waals surface area contributed by atoms with Crippen molar-refractivity contribution < 1.29 is 23.9 Å². The van der Waals surface area contributed by atoms with Crippen LogP contribution in [0.4, 0.5) is 0 Å². The lowest BCUT2D eigenvalue weighted by Gasteiger charge is -2.22. The van der Waals surface area contributed by atoms with Crippen LogP contribution in [-0.4, -0.2) is 47.5 Å². The summed E-state index contributed by atoms with van der Waals surface area (Å²) >= 11 is 0. The van der Waals surface area contributed by atoms with Gasteiger partial charge in [-0.25, -0.2) is 9.59 Å². The molecule has 0 aromatic heterocycles. The Labute approximate surface area is 137 Å². The van der Waals surface area contributed by atoms with Gasteiger partial charge in [0.05, 0.1) is 6.61 Å². The molecule has 1 saturated heterocycles. The summed E-state index contributed by atoms with van der Waals surface area (Å²) in [5.41, 5.74) is -0.528. The summed E-state index contributed by atoms with van der Waals surface area (Å²) in [4.78, 5) is 37.1. The monoisotopic (exact) mass is 325 g/mol. The molecule has 6 heteroatoms. The van der Waals surface area contributed by atoms with Crippen molar-refractivity contribution in [2.75, 3.05) is 13.2 Å². The first-order valence-electron chi connectivity index (χ1n) is 8.10. The van der Waals surface area contributed by atoms with Crippen molar-refractivity contribution in [3.8, 4) is 0 Å². The van der Waals surface area contributed by atoms with Gasteiger partial charge in [0.1, 0.15) is 11.6 Å². The molecule has 1 rings (SSSR count). The molecule has 1 heterocycles. The molecule has 0 aromatic carbocycles. The Bertz CT molecular complexity index is 464. The van der Waals surface area contributed by atoms with Crippen LogP contribution >= 0.6 is 0 Å². The van der Waals surface area contributed by atoms with Crippen LogP contribution in [0.3, 0.4) is 0 Å². The Morgan fingerprint density at radius 3 is 2.57 bits per heavy atom. The van der Waals surface area contributed by atoms with Gasteiger partial charge >= 0.3 is 11.9 Å². The molecule has 1 aliphatic rings. The fraction of sp³-hybridized carbons (Fsp3) is 0.706. The number of carbonyl (C=O) groups excluding carboxylic acids is 3. The van der Waals surface area contributed by atoms with E-state index in [-0.39, 0.29) is 18.3 Å². The van der Waals surface area contributed by atoms with Gasteiger partial charge in [0, 0.05) is 19.0 Å². The molecule has 0 bridgehead atoms. The molecule has 6 nitrogen and oxygen atoms in total. The number of carbonyl (C=O) groups is 3. The lowest BCUT2D eigenvalue weighted by atomic mass is 10.2. The minimum absolute atomic E-state index is 0.0885. The molecular weight excluding hydrogens is 298 g/mol. The van der Waals surface area contributed by atoms with Crippen LogP contribution in [0, 0.1) is 0 Å². The molecule has 0 radical (unpaired) electrons. The van der Waals surface area contributed by atoms with Gasteiger partial charge in [0.15, 0.2) is 0 Å². The molecule has 0 spiro atoms. The minimum Gasteiger partial charge on any atom is -0.464 e. The van der Waals surface area contributed by atoms with Crippen molar-refractivity contribution >= 4 is 17.8 Å². The lowest BCUT2D eigenvalue weighted by Crippen LogP contribution is -2.41. The van der Waals surface area contributed by atoms with Gasteiger partial charge in [-0.05, 0) is 47.0 Å². The molecule has 0 aliphatic carbocycles. The first-order valence-corrected chi connectivity index (χ1v) is 8.10. The van der Waals surface area contributed by atoms with E-state index in [1.54, 1.807) is 38.7 Å². The highest BCUT2D eigenvalue weighted by atomic mass is 16.6. The van der Waals surface area contributed by atoms with E-state index in [1.807, 2.05) is 0 Å². The van der Waals surface area contributed by atoms with Gasteiger partial charge in [-0.1, -0.05) is 6.08 Å². The van der Waals surface area contributed by atoms with E-state index in [1.165, 1.54) is 6.08 Å². The van der Waals surface area contributed by atoms with E-state index >= 15 is 0 Å². The maximum Gasteiger partial charge on any atom is 0.330 e. The van der Waals surface area contributed by atoms with Crippen molar-refractivity contribution in [1.82, 2.24) is 4.90 Å². The third-order valence-electron chi connectivity index (χ3n) is 3.32. The molecular formula is C17H27NO5. The Kier molecular flexibility index (Phi) is 7.26. The van der Waals surface area contributed by atoms with E-state index in [9.17, 15) is 14.4 Å². The second-order valence-electron chi connectivity index (χ2n) is 6.47. The molecule has 0 saturated carbocycles. The average molecular weight is 325 g/mol. The van der Waals surface area contributed by atoms with Crippen molar-refractivity contribution in [1.29, 1.82) is 0 Å². The maximum absolute atomic E-state index is 12.2. The van der Waals surface area contributed by atoms with Crippen LogP contribution in [0.5, 0.6) is 0 Å². The number of allylic oxidation sites excluding steroid dienone is 1. The minimum atomic E-state index is -0.528. The molecule has 0 aromatic rings. The zero-order valence-corrected chi connectivity index (χ0v) is 14.5. The van der Waals surface area contributed by atoms with Gasteiger partial charge in [0.2, 0.25) is 5.91 Å². The van der Waals surface area contributed by atoms with Crippen LogP contribution < -0.4 is 0 Å². The number of ether oxygens (including phenoxy) is 2. The predicted octanol–water partition coefficient (Wildman–Crippen LogP) is 2.22. The number of hydrogen-bond donors (Lipinski definition) is 0. The number of hydrogen-bond acceptors (Lipinski definition) is 5. The Morgan fingerprint density at radius 1 is 1.26 bits per heavy atom. The van der Waals surface area contributed by atoms with Gasteiger partial charge < -0.3 is 14.4 Å². The lowest BCUT2D eigenvalue weighted by molar-refractivity contribution is -0.153. The zero-order chi connectivity index (χ0) is 17.5. The number of amides is 1. The summed E-state index contributed by atoms with van der Waals surface area (Å²) in [6, 6.07) is -0.461. The normalized spacial score (nSPS) is 18.3. The van der Waals surface area contributed by atoms with Crippen molar-refractivity contribution in [3.63, 3.8) is 0 Å². The summed E-state index contributed by atoms with van der Waals surface area (Å²) in [7, 11) is 0. The summed E-state index contributed by atoms with van der Waals surface area (Å²) in [5, 5.41) is 0. The molecule has 1 aliphatic heterocycles. The quantitative estimate of drug-likeness (QED) is 0.553. The predicted molar refractivity (Wildman–Crippen MR) is 85.6 cm³/mol. The SMILES string of the molecule is CCOC(=O)[C@H]1CCCN1C(=O)CC/C=C/C(=O)OC(C)(C)C. The topological polar surface area (TPSA) is 72.9 Å². The van der Waals surface area contributed by atoms with Gasteiger partial charge in [-0.15, -0.1) is 0 Å². The fourth-order valence-corrected chi connectivity index (χ4v) is 2.41. The van der Waals surface area contributed by atoms with Crippen LogP contribution in [0.2, 0.25) is 0 Å². The highest BCUT2D eigenvalue weighted by Crippen LogP contribution is 2.20. The van der Waals surface area contributed by atoms with Crippen molar-refractivity contribution in [2.45, 2.75) is 65.0 Å². The van der Waals surface area contributed by atoms with Crippen molar-refractivity contribution in [3.05, 3.63) is 12.2 Å². The highest BCUT2D eigenvalue weighted by Gasteiger charge is 2.34. The summed E-state index contributed by atoms with van der Waals surface area (Å²) in [6.45, 7) is 8.04. The van der Waals surface area contributed by atoms with Crippen LogP contribution in [0.15, 0.2) is 12.2 Å². The summed E-state index contributed by atoms with van der Waals surface area (Å²) < 4.78 is 10.1. The first kappa shape index (κ1) is 19.2. The molecule has 1 fully saturated rings. The molecule has 0 N–H and O–H groups in total. The zero-order valence-electron chi connectivity index (χ0n) is 14.5. The average Bonchev–Trinajstić information content (AvgIpc) is 2.91. The largest absolute Gasteiger partial charge is 0.464 e. The second-order valence-corrected chi connectivity index (χ2v) is 6.47. The summed E-state index contributed by atoms with van der Waals surface area (Å²) in [5.74, 6) is -0.840. The molecule has 23 heavy (non-hydrogen) atoms. The third kappa shape index (κ3) is 6.84. The fourth-order valence-electron chi connectivity index (χ4n) is 2.41. The van der Waals surface area contributed by atoms with Crippen molar-refractivity contribution in [2.24, 2.45) is 0 Å². The highest BCUT2D eigenvalue weighted by molar-refractivity contribution is 5.85. The number of likely N-dealkylation sites (tertiary alicyclic amines) is 1. The molecule has 0 unspecified atom stereocenters. The summed E-state index contributed by atoms with van der Waals surface area (Å²) in [6.07, 6.45) is 5.12. The first-order chi connectivity index (χ1) is 10.7. The number of rotatable bonds is 6. The van der Waals surface area contributed by atoms with E-state index < -0.39 is 17.6 Å². The van der Waals surface area contributed by atoms with Crippen LogP contribution in [0.25, 0.3) is 0 Å². The molecule has 1 atom stereocenters. The number of esters is 2. The third-order valence-corrected chi connectivity index (χ3v) is 3.32. The van der Waals surface area contributed by atoms with E-state index in [4.69, 9.17) is 9.47 Å². The Morgan fingerprint density at radius 2 is 1.96 bits per heavy atom. The molecule has 130 valence electrons. The van der Waals surface area contributed by atoms with E-state index in [2.05, 4.69) is 0 Å². The Hall–Kier alpha value is -1.85. The van der Waals surface area contributed by atoms with Gasteiger partial charge in [-0.3, -0.25) is 4.79 Å². The molecule has 1 amide bonds. The smallest absolute Gasteiger partial charge is 0.330 e. The second kappa shape index (κ2) is 8.70. The van der Waals surface area contributed by atoms with E-state index in [0.717, 1.165) is 6.42 Å². The van der Waals surface area contributed by atoms with Gasteiger partial charge in [0.25, 0.3) is 0 Å². The van der Waals surface area contributed by atoms with Crippen LogP contribution in [0.1, 0.15) is 53.4 Å². The van der Waals surface area contributed by atoms with E-state index in [0.29, 0.717) is 26.0 Å². The standard InChI is InChI=1S/C17H27NO5/c1-5-22-16(21)13-9-8-12-18(13)14(19)10-6-7-11-15(20)23-17(2,3)4/h7,11,13H,5-6,8-10,12H2,1-4H3/b11-7+/t13-/m1/s1. The maximum atomic E-state index is 12.2. The Balaban J connectivity index is 2.41. The number of nitrogens with zero attached hydrogens (tertiary/aromatic N) is 1. The van der Waals surface area contributed by atoms with Crippen LogP contribution in [-0.2, 0) is 23.9 Å². The van der Waals surface area contributed by atoms with Gasteiger partial charge in [-0.2, -0.15) is 0 Å².